The Kier molecular flexibility index (Phi) is 7.65. The predicted molar refractivity (Wildman–Crippen MR) is 61.3 cm³/mol. The van der Waals surface area contributed by atoms with Gasteiger partial charge in [-0.1, -0.05) is 20.4 Å². The summed E-state index contributed by atoms with van der Waals surface area (Å²) in [7, 11) is 0. The monoisotopic (exact) mass is 258 g/mol. The van der Waals surface area contributed by atoms with Crippen LogP contribution in [0.2, 0.25) is 0 Å². The van der Waals surface area contributed by atoms with Gasteiger partial charge >= 0.3 is 12.0 Å². The number of hydrogen-bond donors (Lipinski definition) is 2. The number of aromatic nitrogens is 4. The summed E-state index contributed by atoms with van der Waals surface area (Å²) < 4.78 is 10.3. The quantitative estimate of drug-likeness (QED) is 0.544. The number of unbranched alkanes of at least 4 members (excludes halogenated alkanes) is 2. The maximum Gasteiger partial charge on any atom is 0.355 e. The van der Waals surface area contributed by atoms with Gasteiger partial charge in [0.2, 0.25) is 0 Å². The second-order valence-electron chi connectivity index (χ2n) is 3.52. The molecular formula is C10H18N4O4. The molecule has 0 aliphatic heterocycles. The molecule has 0 aliphatic carbocycles. The molecule has 0 spiro atoms. The molecule has 0 aliphatic rings. The maximum absolute atomic E-state index is 8.58. The highest BCUT2D eigenvalue weighted by Gasteiger charge is 2.02. The zero-order valence-electron chi connectivity index (χ0n) is 10.2. The first-order valence-corrected chi connectivity index (χ1v) is 5.91. The van der Waals surface area contributed by atoms with Crippen LogP contribution >= 0.6 is 0 Å². The minimum Gasteiger partial charge on any atom is -0.461 e. The van der Waals surface area contributed by atoms with Crippen LogP contribution in [-0.2, 0) is 0 Å². The molecule has 0 atom stereocenters. The van der Waals surface area contributed by atoms with E-state index in [9.17, 15) is 0 Å². The number of nitrogens with zero attached hydrogens (tertiary/aromatic N) is 4. The molecule has 2 N–H and O–H groups in total. The summed E-state index contributed by atoms with van der Waals surface area (Å²) >= 11 is 0. The summed E-state index contributed by atoms with van der Waals surface area (Å²) in [6, 6.07) is 0.186. The van der Waals surface area contributed by atoms with Gasteiger partial charge in [0.15, 0.2) is 0 Å². The van der Waals surface area contributed by atoms with E-state index < -0.39 is 0 Å². The zero-order valence-corrected chi connectivity index (χ0v) is 10.2. The summed E-state index contributed by atoms with van der Waals surface area (Å²) in [6.07, 6.45) is 2.79. The molecule has 0 saturated heterocycles. The van der Waals surface area contributed by atoms with E-state index in [-0.39, 0.29) is 25.2 Å². The van der Waals surface area contributed by atoms with E-state index in [1.54, 1.807) is 0 Å². The fraction of sp³-hybridized carbons (Fsp3) is 0.800. The zero-order chi connectivity index (χ0) is 13.1. The maximum atomic E-state index is 8.58. The fourth-order valence-electron chi connectivity index (χ4n) is 1.08. The van der Waals surface area contributed by atoms with Crippen LogP contribution in [-0.4, -0.2) is 57.0 Å². The summed E-state index contributed by atoms with van der Waals surface area (Å²) in [5.41, 5.74) is 0. The van der Waals surface area contributed by atoms with Crippen LogP contribution < -0.4 is 9.47 Å². The second-order valence-corrected chi connectivity index (χ2v) is 3.52. The standard InChI is InChI=1S/C10H18N4O4/c15-5-1-3-7-17-9-11-13-10(14-12-9)18-8-4-2-6-16/h15-16H,1-8H2. The number of hydrogen-bond acceptors (Lipinski definition) is 8. The smallest absolute Gasteiger partial charge is 0.355 e. The van der Waals surface area contributed by atoms with Crippen LogP contribution in [0.15, 0.2) is 0 Å². The van der Waals surface area contributed by atoms with Crippen molar-refractivity contribution in [2.24, 2.45) is 0 Å². The van der Waals surface area contributed by atoms with Crippen molar-refractivity contribution in [3.63, 3.8) is 0 Å². The Morgan fingerprint density at radius 2 is 1.06 bits per heavy atom. The highest BCUT2D eigenvalue weighted by molar-refractivity contribution is 4.90. The largest absolute Gasteiger partial charge is 0.461 e. The SMILES string of the molecule is OCCCCOc1nnc(OCCCCO)nn1. The third-order valence-corrected chi connectivity index (χ3v) is 2.01. The van der Waals surface area contributed by atoms with Gasteiger partial charge in [-0.2, -0.15) is 0 Å². The molecular weight excluding hydrogens is 240 g/mol. The lowest BCUT2D eigenvalue weighted by Crippen LogP contribution is -2.07. The van der Waals surface area contributed by atoms with Crippen molar-refractivity contribution in [3.05, 3.63) is 0 Å². The normalized spacial score (nSPS) is 10.3. The Morgan fingerprint density at radius 1 is 0.667 bits per heavy atom. The number of aliphatic hydroxyl groups is 2. The Bertz CT molecular complexity index is 278. The van der Waals surface area contributed by atoms with Gasteiger partial charge in [-0.3, -0.25) is 0 Å². The van der Waals surface area contributed by atoms with Crippen molar-refractivity contribution in [1.29, 1.82) is 0 Å². The number of ether oxygens (including phenoxy) is 2. The molecule has 1 aromatic heterocycles. The third kappa shape index (κ3) is 6.26. The number of rotatable bonds is 10. The summed E-state index contributed by atoms with van der Waals surface area (Å²) in [5.74, 6) is 0. The molecule has 1 heterocycles. The molecule has 8 nitrogen and oxygen atoms in total. The molecule has 0 bridgehead atoms. The highest BCUT2D eigenvalue weighted by atomic mass is 16.5. The first kappa shape index (κ1) is 14.5. The summed E-state index contributed by atoms with van der Waals surface area (Å²) in [6.45, 7) is 1.11. The van der Waals surface area contributed by atoms with Crippen molar-refractivity contribution in [2.75, 3.05) is 26.4 Å². The fourth-order valence-corrected chi connectivity index (χ4v) is 1.08. The van der Waals surface area contributed by atoms with Crippen LogP contribution in [0.25, 0.3) is 0 Å². The molecule has 8 heteroatoms. The lowest BCUT2D eigenvalue weighted by Gasteiger charge is -2.03. The van der Waals surface area contributed by atoms with Crippen molar-refractivity contribution < 1.29 is 19.7 Å². The van der Waals surface area contributed by atoms with Gasteiger partial charge in [-0.15, -0.1) is 0 Å². The molecule has 0 unspecified atom stereocenters. The van der Waals surface area contributed by atoms with Crippen LogP contribution in [0.1, 0.15) is 25.7 Å². The van der Waals surface area contributed by atoms with E-state index in [1.165, 1.54) is 0 Å². The van der Waals surface area contributed by atoms with Gasteiger partial charge in [0.25, 0.3) is 0 Å². The van der Waals surface area contributed by atoms with E-state index >= 15 is 0 Å². The van der Waals surface area contributed by atoms with Crippen LogP contribution in [0.4, 0.5) is 0 Å². The van der Waals surface area contributed by atoms with Crippen molar-refractivity contribution in [2.45, 2.75) is 25.7 Å². The van der Waals surface area contributed by atoms with E-state index in [1.807, 2.05) is 0 Å². The molecule has 0 saturated carbocycles. The van der Waals surface area contributed by atoms with Gasteiger partial charge in [0.05, 0.1) is 13.2 Å². The minimum absolute atomic E-state index is 0.0932. The Labute approximate surface area is 105 Å². The van der Waals surface area contributed by atoms with Crippen molar-refractivity contribution >= 4 is 0 Å². The van der Waals surface area contributed by atoms with Crippen molar-refractivity contribution in [1.82, 2.24) is 20.4 Å². The second kappa shape index (κ2) is 9.49. The molecule has 0 fully saturated rings. The van der Waals surface area contributed by atoms with E-state index in [0.717, 1.165) is 12.8 Å². The van der Waals surface area contributed by atoms with E-state index in [0.29, 0.717) is 26.1 Å². The number of aliphatic hydroxyl groups excluding tert-OH is 2. The predicted octanol–water partition coefficient (Wildman–Crippen LogP) is -0.431. The lowest BCUT2D eigenvalue weighted by molar-refractivity contribution is 0.225. The van der Waals surface area contributed by atoms with E-state index in [2.05, 4.69) is 20.4 Å². The Hall–Kier alpha value is -1.54. The molecule has 0 aromatic carbocycles. The average molecular weight is 258 g/mol. The molecule has 0 amide bonds. The van der Waals surface area contributed by atoms with Crippen LogP contribution in [0.3, 0.4) is 0 Å². The Balaban J connectivity index is 2.20. The van der Waals surface area contributed by atoms with Crippen LogP contribution in [0.5, 0.6) is 12.0 Å². The van der Waals surface area contributed by atoms with Crippen molar-refractivity contribution in [3.8, 4) is 12.0 Å². The average Bonchev–Trinajstić information content (AvgIpc) is 2.41. The van der Waals surface area contributed by atoms with Gasteiger partial charge in [0, 0.05) is 13.2 Å². The summed E-state index contributed by atoms with van der Waals surface area (Å²) in [4.78, 5) is 0. The molecule has 0 radical (unpaired) electrons. The van der Waals surface area contributed by atoms with Gasteiger partial charge in [0.1, 0.15) is 0 Å². The van der Waals surface area contributed by atoms with Crippen LogP contribution in [0, 0.1) is 0 Å². The molecule has 1 aromatic rings. The lowest BCUT2D eigenvalue weighted by atomic mass is 10.3. The molecule has 102 valence electrons. The molecule has 18 heavy (non-hydrogen) atoms. The third-order valence-electron chi connectivity index (χ3n) is 2.01. The van der Waals surface area contributed by atoms with E-state index in [4.69, 9.17) is 19.7 Å². The van der Waals surface area contributed by atoms with Gasteiger partial charge in [-0.25, -0.2) is 0 Å². The Morgan fingerprint density at radius 3 is 1.39 bits per heavy atom. The van der Waals surface area contributed by atoms with Gasteiger partial charge < -0.3 is 19.7 Å². The highest BCUT2D eigenvalue weighted by Crippen LogP contribution is 2.03. The first-order valence-electron chi connectivity index (χ1n) is 5.91. The van der Waals surface area contributed by atoms with Gasteiger partial charge in [-0.05, 0) is 25.7 Å². The topological polar surface area (TPSA) is 110 Å². The minimum atomic E-state index is 0.0932. The summed E-state index contributed by atoms with van der Waals surface area (Å²) in [5, 5.41) is 31.9. The first-order chi connectivity index (χ1) is 8.86. The molecule has 1 rings (SSSR count).